The maximum absolute atomic E-state index is 13.1. The number of hydrogen-bond acceptors (Lipinski definition) is 6. The standard InChI is InChI=1S/C25H36N4O4S/c1-19-16-23(33-5)17-20(2)25(19)34(31,32)28(4)11-10-24(30)26-22-8-6-21(7-9-22)18-29-14-12-27(3)13-15-29/h6-9,16-17H,10-15,18H2,1-5H3,(H,26,30). The molecule has 8 nitrogen and oxygen atoms in total. The molecule has 2 aromatic rings. The summed E-state index contributed by atoms with van der Waals surface area (Å²) in [6, 6.07) is 11.3. The van der Waals surface area contributed by atoms with Crippen molar-refractivity contribution in [2.45, 2.75) is 31.7 Å². The molecule has 3 rings (SSSR count). The summed E-state index contributed by atoms with van der Waals surface area (Å²) in [6.45, 7) is 8.75. The SMILES string of the molecule is COc1cc(C)c(S(=O)(=O)N(C)CCC(=O)Nc2ccc(CN3CCN(C)CC3)cc2)c(C)c1. The second-order valence-corrected chi connectivity index (χ2v) is 11.0. The van der Waals surface area contributed by atoms with Crippen LogP contribution in [-0.2, 0) is 21.4 Å². The van der Waals surface area contributed by atoms with Gasteiger partial charge in [-0.1, -0.05) is 12.1 Å². The number of aryl methyl sites for hydroxylation is 2. The number of piperazine rings is 1. The zero-order valence-corrected chi connectivity index (χ0v) is 21.6. The van der Waals surface area contributed by atoms with Crippen LogP contribution in [0, 0.1) is 13.8 Å². The number of methoxy groups -OCH3 is 1. The van der Waals surface area contributed by atoms with Gasteiger partial charge in [-0.25, -0.2) is 12.7 Å². The first-order chi connectivity index (χ1) is 16.1. The molecule has 9 heteroatoms. The fraction of sp³-hybridized carbons (Fsp3) is 0.480. The molecule has 0 unspecified atom stereocenters. The van der Waals surface area contributed by atoms with Crippen molar-refractivity contribution in [3.8, 4) is 5.75 Å². The third kappa shape index (κ3) is 6.56. The minimum atomic E-state index is -3.73. The third-order valence-electron chi connectivity index (χ3n) is 6.23. The lowest BCUT2D eigenvalue weighted by molar-refractivity contribution is -0.116. The lowest BCUT2D eigenvalue weighted by Gasteiger charge is -2.32. The summed E-state index contributed by atoms with van der Waals surface area (Å²) in [5, 5.41) is 2.87. The molecule has 2 aromatic carbocycles. The van der Waals surface area contributed by atoms with E-state index < -0.39 is 10.0 Å². The van der Waals surface area contributed by atoms with Gasteiger partial charge in [0, 0.05) is 58.4 Å². The second kappa shape index (κ2) is 11.3. The number of rotatable bonds is 9. The van der Waals surface area contributed by atoms with E-state index in [4.69, 9.17) is 4.74 Å². The van der Waals surface area contributed by atoms with Gasteiger partial charge in [-0.15, -0.1) is 0 Å². The van der Waals surface area contributed by atoms with Gasteiger partial charge in [-0.3, -0.25) is 9.69 Å². The number of carbonyl (C=O) groups is 1. The summed E-state index contributed by atoms with van der Waals surface area (Å²) in [5.41, 5.74) is 3.15. The van der Waals surface area contributed by atoms with Crippen LogP contribution in [0.15, 0.2) is 41.3 Å². The van der Waals surface area contributed by atoms with Crippen LogP contribution >= 0.6 is 0 Å². The lowest BCUT2D eigenvalue weighted by Crippen LogP contribution is -2.43. The first kappa shape index (κ1) is 26.2. The van der Waals surface area contributed by atoms with Crippen LogP contribution in [0.2, 0.25) is 0 Å². The molecule has 1 heterocycles. The van der Waals surface area contributed by atoms with Crippen molar-refractivity contribution < 1.29 is 17.9 Å². The van der Waals surface area contributed by atoms with Crippen LogP contribution in [0.1, 0.15) is 23.1 Å². The molecule has 0 bridgehead atoms. The number of nitrogens with zero attached hydrogens (tertiary/aromatic N) is 3. The van der Waals surface area contributed by atoms with E-state index in [1.807, 2.05) is 24.3 Å². The molecule has 34 heavy (non-hydrogen) atoms. The van der Waals surface area contributed by atoms with Crippen LogP contribution in [0.3, 0.4) is 0 Å². The monoisotopic (exact) mass is 488 g/mol. The molecule has 1 N–H and O–H groups in total. The van der Waals surface area contributed by atoms with Crippen molar-refractivity contribution in [3.63, 3.8) is 0 Å². The number of anilines is 1. The predicted octanol–water partition coefficient (Wildman–Crippen LogP) is 2.71. The van der Waals surface area contributed by atoms with E-state index in [9.17, 15) is 13.2 Å². The Balaban J connectivity index is 1.53. The minimum Gasteiger partial charge on any atom is -0.497 e. The first-order valence-corrected chi connectivity index (χ1v) is 13.0. The van der Waals surface area contributed by atoms with E-state index in [-0.39, 0.29) is 23.8 Å². The van der Waals surface area contributed by atoms with E-state index in [0.29, 0.717) is 22.6 Å². The quantitative estimate of drug-likeness (QED) is 0.585. The van der Waals surface area contributed by atoms with E-state index in [1.165, 1.54) is 16.9 Å². The van der Waals surface area contributed by atoms with E-state index in [1.54, 1.807) is 33.1 Å². The molecule has 0 aliphatic carbocycles. The minimum absolute atomic E-state index is 0.0625. The van der Waals surface area contributed by atoms with E-state index >= 15 is 0 Å². The number of benzene rings is 2. The fourth-order valence-electron chi connectivity index (χ4n) is 4.15. The molecule has 1 aliphatic rings. The molecule has 1 saturated heterocycles. The number of ether oxygens (including phenoxy) is 1. The normalized spacial score (nSPS) is 15.5. The summed E-state index contributed by atoms with van der Waals surface area (Å²) in [7, 11) is 1.46. The van der Waals surface area contributed by atoms with Gasteiger partial charge in [0.25, 0.3) is 0 Å². The highest BCUT2D eigenvalue weighted by Crippen LogP contribution is 2.27. The Bertz CT molecular complexity index is 1070. The maximum atomic E-state index is 13.1. The number of sulfonamides is 1. The van der Waals surface area contributed by atoms with Gasteiger partial charge in [-0.05, 0) is 61.9 Å². The Kier molecular flexibility index (Phi) is 8.70. The van der Waals surface area contributed by atoms with Gasteiger partial charge in [-0.2, -0.15) is 0 Å². The van der Waals surface area contributed by atoms with Crippen LogP contribution < -0.4 is 10.1 Å². The van der Waals surface area contributed by atoms with Crippen LogP contribution in [0.5, 0.6) is 5.75 Å². The van der Waals surface area contributed by atoms with Crippen molar-refractivity contribution in [1.82, 2.24) is 14.1 Å². The van der Waals surface area contributed by atoms with Crippen LogP contribution in [-0.4, -0.2) is 82.4 Å². The number of carbonyl (C=O) groups excluding carboxylic acids is 1. The number of nitrogens with one attached hydrogen (secondary N) is 1. The average molecular weight is 489 g/mol. The van der Waals surface area contributed by atoms with Gasteiger partial charge in [0.15, 0.2) is 0 Å². The van der Waals surface area contributed by atoms with Gasteiger partial charge in [0.1, 0.15) is 5.75 Å². The summed E-state index contributed by atoms with van der Waals surface area (Å²) < 4.78 is 32.7. The predicted molar refractivity (Wildman–Crippen MR) is 135 cm³/mol. The molecule has 0 saturated carbocycles. The lowest BCUT2D eigenvalue weighted by atomic mass is 10.1. The van der Waals surface area contributed by atoms with Gasteiger partial charge in [0.2, 0.25) is 15.9 Å². The molecule has 0 atom stereocenters. The zero-order valence-electron chi connectivity index (χ0n) is 20.8. The molecule has 1 aliphatic heterocycles. The van der Waals surface area contributed by atoms with Crippen molar-refractivity contribution in [1.29, 1.82) is 0 Å². The fourth-order valence-corrected chi connectivity index (χ4v) is 5.73. The Morgan fingerprint density at radius 1 is 1.06 bits per heavy atom. The number of amides is 1. The Hall–Kier alpha value is -2.46. The number of hydrogen-bond donors (Lipinski definition) is 1. The number of likely N-dealkylation sites (N-methyl/N-ethyl adjacent to an activating group) is 1. The molecule has 1 amide bonds. The average Bonchev–Trinajstić information content (AvgIpc) is 2.79. The van der Waals surface area contributed by atoms with Gasteiger partial charge in [0.05, 0.1) is 12.0 Å². The molecule has 1 fully saturated rings. The van der Waals surface area contributed by atoms with E-state index in [2.05, 4.69) is 22.2 Å². The Morgan fingerprint density at radius 3 is 2.21 bits per heavy atom. The molecular weight excluding hydrogens is 452 g/mol. The summed E-state index contributed by atoms with van der Waals surface area (Å²) >= 11 is 0. The van der Waals surface area contributed by atoms with Crippen molar-refractivity contribution in [2.75, 3.05) is 59.2 Å². The van der Waals surface area contributed by atoms with Crippen molar-refractivity contribution in [3.05, 3.63) is 53.1 Å². The van der Waals surface area contributed by atoms with Crippen LogP contribution in [0.25, 0.3) is 0 Å². The smallest absolute Gasteiger partial charge is 0.243 e. The maximum Gasteiger partial charge on any atom is 0.243 e. The van der Waals surface area contributed by atoms with E-state index in [0.717, 1.165) is 32.7 Å². The molecule has 0 aromatic heterocycles. The van der Waals surface area contributed by atoms with Gasteiger partial charge >= 0.3 is 0 Å². The Morgan fingerprint density at radius 2 is 1.65 bits per heavy atom. The summed E-state index contributed by atoms with van der Waals surface area (Å²) in [6.07, 6.45) is 0.0625. The highest BCUT2D eigenvalue weighted by atomic mass is 32.2. The highest BCUT2D eigenvalue weighted by Gasteiger charge is 2.26. The van der Waals surface area contributed by atoms with Crippen LogP contribution in [0.4, 0.5) is 5.69 Å². The highest BCUT2D eigenvalue weighted by molar-refractivity contribution is 7.89. The topological polar surface area (TPSA) is 82.2 Å². The molecule has 186 valence electrons. The molecule has 0 radical (unpaired) electrons. The summed E-state index contributed by atoms with van der Waals surface area (Å²) in [4.78, 5) is 17.5. The summed E-state index contributed by atoms with van der Waals surface area (Å²) in [5.74, 6) is 0.391. The third-order valence-corrected chi connectivity index (χ3v) is 8.39. The van der Waals surface area contributed by atoms with Crippen molar-refractivity contribution in [2.24, 2.45) is 0 Å². The first-order valence-electron chi connectivity index (χ1n) is 11.5. The zero-order chi connectivity index (χ0) is 24.9. The van der Waals surface area contributed by atoms with Gasteiger partial charge < -0.3 is 15.0 Å². The van der Waals surface area contributed by atoms with Crippen molar-refractivity contribution >= 4 is 21.6 Å². The Labute approximate surface area is 203 Å². The molecular formula is C25H36N4O4S. The second-order valence-electron chi connectivity index (χ2n) is 8.99. The molecule has 0 spiro atoms. The largest absolute Gasteiger partial charge is 0.497 e.